The van der Waals surface area contributed by atoms with Crippen LogP contribution in [0.25, 0.3) is 11.1 Å². The van der Waals surface area contributed by atoms with Crippen LogP contribution in [-0.4, -0.2) is 20.1 Å². The molecule has 0 fully saturated rings. The summed E-state index contributed by atoms with van der Waals surface area (Å²) in [6, 6.07) is 14.3. The van der Waals surface area contributed by atoms with Crippen molar-refractivity contribution in [1.82, 2.24) is 10.1 Å². The first-order valence-corrected chi connectivity index (χ1v) is 10.4. The van der Waals surface area contributed by atoms with E-state index in [1.165, 1.54) is 6.20 Å². The van der Waals surface area contributed by atoms with E-state index >= 15 is 0 Å². The number of hydrogen-bond acceptors (Lipinski definition) is 6. The van der Waals surface area contributed by atoms with Gasteiger partial charge in [-0.25, -0.2) is 8.42 Å². The molecule has 0 radical (unpaired) electrons. The van der Waals surface area contributed by atoms with Crippen LogP contribution in [0.4, 0.5) is 0 Å². The molecule has 0 atom stereocenters. The number of ether oxygens (including phenoxy) is 1. The van der Waals surface area contributed by atoms with Gasteiger partial charge >= 0.3 is 0 Å². The zero-order chi connectivity index (χ0) is 20.9. The zero-order valence-corrected chi connectivity index (χ0v) is 17.4. The predicted octanol–water partition coefficient (Wildman–Crippen LogP) is 2.95. The van der Waals surface area contributed by atoms with Crippen molar-refractivity contribution in [2.45, 2.75) is 44.2 Å². The van der Waals surface area contributed by atoms with E-state index in [2.05, 4.69) is 10.1 Å². The lowest BCUT2D eigenvalue weighted by atomic mass is 10.0. The Morgan fingerprint density at radius 1 is 1.07 bits per heavy atom. The van der Waals surface area contributed by atoms with E-state index in [1.807, 2.05) is 38.1 Å². The minimum absolute atomic E-state index is 0. The van der Waals surface area contributed by atoms with Crippen LogP contribution in [0.3, 0.4) is 0 Å². The molecule has 0 aromatic heterocycles. The Kier molecular flexibility index (Phi) is 6.71. The first-order valence-electron chi connectivity index (χ1n) is 8.89. The van der Waals surface area contributed by atoms with E-state index in [9.17, 15) is 8.42 Å². The van der Waals surface area contributed by atoms with E-state index in [4.69, 9.17) is 16.3 Å². The second kappa shape index (κ2) is 8.64. The molecule has 156 valence electrons. The summed E-state index contributed by atoms with van der Waals surface area (Å²) < 4.78 is 33.7. The number of hydrogen-bond donors (Lipinski definition) is 4. The average molecular weight is 409 g/mol. The Morgan fingerprint density at radius 3 is 2.00 bits per heavy atom. The number of sulfonamides is 1. The minimum atomic E-state index is -3.76. The lowest BCUT2D eigenvalue weighted by Crippen LogP contribution is -2.50. The molecule has 0 aliphatic heterocycles. The number of benzene rings is 2. The average Bonchev–Trinajstić information content (AvgIpc) is 2.62. The topological polar surface area (TPSA) is 119 Å². The van der Waals surface area contributed by atoms with Crippen molar-refractivity contribution in [3.8, 4) is 16.9 Å². The number of rotatable bonds is 8. The summed E-state index contributed by atoms with van der Waals surface area (Å²) >= 11 is 0. The van der Waals surface area contributed by atoms with Crippen LogP contribution in [0.5, 0.6) is 5.75 Å². The molecular weight excluding hydrogens is 376 g/mol. The smallest absolute Gasteiger partial charge is 0.241 e. The van der Waals surface area contributed by atoms with E-state index in [0.717, 1.165) is 16.9 Å². The van der Waals surface area contributed by atoms with Gasteiger partial charge in [0, 0.05) is 9.05 Å². The summed E-state index contributed by atoms with van der Waals surface area (Å²) in [5, 5.41) is 0. The molecule has 0 unspecified atom stereocenters. The lowest BCUT2D eigenvalue weighted by molar-refractivity contribution is 0.242. The van der Waals surface area contributed by atoms with Gasteiger partial charge in [-0.05, 0) is 63.1 Å². The number of hydrazine groups is 1. The van der Waals surface area contributed by atoms with E-state index in [1.54, 1.807) is 38.1 Å². The largest absolute Gasteiger partial charge is 0.491 e. The second-order valence-corrected chi connectivity index (χ2v) is 8.85. The van der Waals surface area contributed by atoms with Crippen LogP contribution >= 0.6 is 0 Å². The Balaban J connectivity index is 0.00000420. The van der Waals surface area contributed by atoms with Crippen LogP contribution < -0.4 is 26.5 Å². The summed E-state index contributed by atoms with van der Waals surface area (Å²) in [6.07, 6.45) is 1.34. The zero-order valence-electron chi connectivity index (χ0n) is 16.6. The van der Waals surface area contributed by atoms with E-state index < -0.39 is 15.6 Å². The summed E-state index contributed by atoms with van der Waals surface area (Å²) in [7, 11) is -3.76. The van der Waals surface area contributed by atoms with Gasteiger partial charge in [-0.2, -0.15) is 4.72 Å². The van der Waals surface area contributed by atoms with Crippen molar-refractivity contribution in [2.75, 3.05) is 0 Å². The van der Waals surface area contributed by atoms with Gasteiger partial charge in [0.1, 0.15) is 5.75 Å². The normalized spacial score (nSPS) is 12.9. The van der Waals surface area contributed by atoms with Crippen molar-refractivity contribution in [3.05, 3.63) is 60.4 Å². The molecule has 28 heavy (non-hydrogen) atoms. The lowest BCUT2D eigenvalue weighted by Gasteiger charge is -2.28. The third-order valence-electron chi connectivity index (χ3n) is 4.11. The molecule has 0 saturated carbocycles. The first-order chi connectivity index (χ1) is 13.1. The van der Waals surface area contributed by atoms with Gasteiger partial charge < -0.3 is 15.9 Å². The van der Waals surface area contributed by atoms with Gasteiger partial charge in [0.2, 0.25) is 10.0 Å². The molecule has 2 rings (SSSR count). The van der Waals surface area contributed by atoms with Gasteiger partial charge in [-0.3, -0.25) is 5.84 Å². The van der Waals surface area contributed by atoms with Crippen LogP contribution in [0, 0.1) is 0 Å². The molecule has 0 saturated heterocycles. The molecule has 0 aliphatic rings. The summed E-state index contributed by atoms with van der Waals surface area (Å²) in [4.78, 5) is 0.150. The SMILES string of the molecule is CC(C)Oc1ccc(-c2ccc(S(=O)(=O)NC(C)(C)/C(=C/N)NN)cc2)cc1.[HH].[HH]. The second-order valence-electron chi connectivity index (χ2n) is 7.17. The molecule has 2 aromatic rings. The first kappa shape index (κ1) is 21.7. The Morgan fingerprint density at radius 2 is 1.57 bits per heavy atom. The van der Waals surface area contributed by atoms with Crippen molar-refractivity contribution in [3.63, 3.8) is 0 Å². The standard InChI is InChI=1S/C20H28N4O3S.2H2/c1-14(2)27-17-9-5-15(6-10-17)16-7-11-18(12-8-16)28(25,26)24-20(3,4)19(13-21)23-22;;/h5-14,23-24H,21-22H2,1-4H3;2*1H/b19-13-;;. The fraction of sp³-hybridized carbons (Fsp3) is 0.300. The maximum absolute atomic E-state index is 12.7. The van der Waals surface area contributed by atoms with Gasteiger partial charge in [-0.1, -0.05) is 24.3 Å². The summed E-state index contributed by atoms with van der Waals surface area (Å²) in [6.45, 7) is 7.27. The maximum Gasteiger partial charge on any atom is 0.241 e. The summed E-state index contributed by atoms with van der Waals surface area (Å²) in [5.41, 5.74) is 9.15. The Bertz CT molecular complexity index is 930. The molecule has 0 amide bonds. The van der Waals surface area contributed by atoms with Crippen LogP contribution in [-0.2, 0) is 10.0 Å². The highest BCUT2D eigenvalue weighted by Gasteiger charge is 2.29. The fourth-order valence-electron chi connectivity index (χ4n) is 2.71. The van der Waals surface area contributed by atoms with Crippen molar-refractivity contribution >= 4 is 10.0 Å². The quantitative estimate of drug-likeness (QED) is 0.394. The molecule has 8 heteroatoms. The van der Waals surface area contributed by atoms with Gasteiger partial charge in [0.25, 0.3) is 0 Å². The number of nitrogens with two attached hydrogens (primary N) is 2. The monoisotopic (exact) mass is 408 g/mol. The molecule has 0 spiro atoms. The minimum Gasteiger partial charge on any atom is -0.491 e. The van der Waals surface area contributed by atoms with Gasteiger partial charge in [-0.15, -0.1) is 0 Å². The molecule has 0 aliphatic carbocycles. The molecular formula is C20H32N4O3S. The molecule has 2 aromatic carbocycles. The van der Waals surface area contributed by atoms with E-state index in [0.29, 0.717) is 5.70 Å². The highest BCUT2D eigenvalue weighted by molar-refractivity contribution is 7.89. The third kappa shape index (κ3) is 5.25. The van der Waals surface area contributed by atoms with Gasteiger partial charge in [0.05, 0.1) is 22.2 Å². The van der Waals surface area contributed by atoms with Crippen LogP contribution in [0.1, 0.15) is 30.5 Å². The molecule has 7 nitrogen and oxygen atoms in total. The highest BCUT2D eigenvalue weighted by atomic mass is 32.2. The Hall–Kier alpha value is -2.55. The molecule has 0 heterocycles. The van der Waals surface area contributed by atoms with Crippen molar-refractivity contribution in [2.24, 2.45) is 11.6 Å². The third-order valence-corrected chi connectivity index (χ3v) is 5.78. The summed E-state index contributed by atoms with van der Waals surface area (Å²) in [5.74, 6) is 6.20. The van der Waals surface area contributed by atoms with Crippen molar-refractivity contribution < 1.29 is 16.0 Å². The molecule has 6 N–H and O–H groups in total. The van der Waals surface area contributed by atoms with Crippen molar-refractivity contribution in [1.29, 1.82) is 0 Å². The molecule has 0 bridgehead atoms. The number of nitrogens with one attached hydrogen (secondary N) is 2. The Labute approximate surface area is 169 Å². The predicted molar refractivity (Wildman–Crippen MR) is 116 cm³/mol. The van der Waals surface area contributed by atoms with E-state index in [-0.39, 0.29) is 13.9 Å². The van der Waals surface area contributed by atoms with Gasteiger partial charge in [0.15, 0.2) is 0 Å². The fourth-order valence-corrected chi connectivity index (χ4v) is 4.11. The highest BCUT2D eigenvalue weighted by Crippen LogP contribution is 2.25. The van der Waals surface area contributed by atoms with Crippen LogP contribution in [0.2, 0.25) is 0 Å². The van der Waals surface area contributed by atoms with Crippen LogP contribution in [0.15, 0.2) is 65.3 Å². The maximum atomic E-state index is 12.7.